The second-order valence-corrected chi connectivity index (χ2v) is 2.45. The fourth-order valence-corrected chi connectivity index (χ4v) is 1.03. The van der Waals surface area contributed by atoms with E-state index in [9.17, 15) is 0 Å². The summed E-state index contributed by atoms with van der Waals surface area (Å²) in [6, 6.07) is 6.76. The molecule has 2 nitrogen and oxygen atoms in total. The molecular weight excluding hydrogens is 124 g/mol. The molecule has 2 heterocycles. The van der Waals surface area contributed by atoms with Gasteiger partial charge in [0, 0.05) is 19.3 Å². The van der Waals surface area contributed by atoms with Gasteiger partial charge < -0.3 is 4.90 Å². The first kappa shape index (κ1) is 5.71. The SMILES string of the molecule is [c]1ccnc(N2CCC2)c1. The van der Waals surface area contributed by atoms with Crippen LogP contribution in [0.25, 0.3) is 0 Å². The zero-order chi connectivity index (χ0) is 6.81. The monoisotopic (exact) mass is 133 g/mol. The normalized spacial score (nSPS) is 16.6. The second-order valence-electron chi connectivity index (χ2n) is 2.45. The van der Waals surface area contributed by atoms with Gasteiger partial charge >= 0.3 is 0 Å². The van der Waals surface area contributed by atoms with E-state index in [1.807, 2.05) is 12.1 Å². The van der Waals surface area contributed by atoms with E-state index in [4.69, 9.17) is 0 Å². The molecule has 0 atom stereocenters. The molecular formula is C8H9N2. The van der Waals surface area contributed by atoms with E-state index in [0.717, 1.165) is 18.9 Å². The molecule has 0 bridgehead atoms. The lowest BCUT2D eigenvalue weighted by Gasteiger charge is -2.31. The summed E-state index contributed by atoms with van der Waals surface area (Å²) in [5.74, 6) is 1.06. The lowest BCUT2D eigenvalue weighted by atomic mass is 10.2. The molecule has 0 spiro atoms. The van der Waals surface area contributed by atoms with Crippen LogP contribution in [0.3, 0.4) is 0 Å². The largest absolute Gasteiger partial charge is 0.356 e. The van der Waals surface area contributed by atoms with Crippen LogP contribution in [0.1, 0.15) is 6.42 Å². The maximum absolute atomic E-state index is 4.20. The van der Waals surface area contributed by atoms with Crippen LogP contribution in [-0.2, 0) is 0 Å². The van der Waals surface area contributed by atoms with Gasteiger partial charge in [0.15, 0.2) is 0 Å². The van der Waals surface area contributed by atoms with Crippen molar-refractivity contribution in [2.45, 2.75) is 6.42 Å². The van der Waals surface area contributed by atoms with Crippen molar-refractivity contribution in [3.63, 3.8) is 0 Å². The lowest BCUT2D eigenvalue weighted by molar-refractivity contribution is 0.610. The van der Waals surface area contributed by atoms with Crippen molar-refractivity contribution in [1.29, 1.82) is 0 Å². The third-order valence-corrected chi connectivity index (χ3v) is 1.77. The standard InChI is InChI=1S/C8H9N2/c1-2-5-9-8(4-1)10-6-3-7-10/h2,4-5H,3,6-7H2. The molecule has 1 radical (unpaired) electrons. The van der Waals surface area contributed by atoms with E-state index in [0.29, 0.717) is 0 Å². The van der Waals surface area contributed by atoms with Gasteiger partial charge in [-0.15, -0.1) is 0 Å². The van der Waals surface area contributed by atoms with Crippen molar-refractivity contribution < 1.29 is 0 Å². The fourth-order valence-electron chi connectivity index (χ4n) is 1.03. The molecule has 0 aromatic carbocycles. The number of pyridine rings is 1. The van der Waals surface area contributed by atoms with Crippen LogP contribution in [0.15, 0.2) is 18.3 Å². The van der Waals surface area contributed by atoms with E-state index in [-0.39, 0.29) is 0 Å². The van der Waals surface area contributed by atoms with E-state index in [2.05, 4.69) is 16.0 Å². The van der Waals surface area contributed by atoms with Gasteiger partial charge in [-0.25, -0.2) is 4.98 Å². The van der Waals surface area contributed by atoms with Crippen molar-refractivity contribution in [2.24, 2.45) is 0 Å². The maximum atomic E-state index is 4.20. The van der Waals surface area contributed by atoms with Crippen LogP contribution in [-0.4, -0.2) is 18.1 Å². The van der Waals surface area contributed by atoms with Crippen LogP contribution in [0.5, 0.6) is 0 Å². The molecule has 0 aliphatic carbocycles. The van der Waals surface area contributed by atoms with E-state index in [1.54, 1.807) is 6.20 Å². The number of aromatic nitrogens is 1. The van der Waals surface area contributed by atoms with Crippen LogP contribution in [0.2, 0.25) is 0 Å². The fraction of sp³-hybridized carbons (Fsp3) is 0.375. The summed E-state index contributed by atoms with van der Waals surface area (Å²) in [7, 11) is 0. The van der Waals surface area contributed by atoms with Gasteiger partial charge in [0.05, 0.1) is 0 Å². The Kier molecular flexibility index (Phi) is 1.31. The van der Waals surface area contributed by atoms with E-state index in [1.165, 1.54) is 6.42 Å². The predicted molar refractivity (Wildman–Crippen MR) is 39.9 cm³/mol. The third-order valence-electron chi connectivity index (χ3n) is 1.77. The van der Waals surface area contributed by atoms with E-state index >= 15 is 0 Å². The van der Waals surface area contributed by atoms with Crippen molar-refractivity contribution in [2.75, 3.05) is 18.0 Å². The summed E-state index contributed by atoms with van der Waals surface area (Å²) in [6.07, 6.45) is 3.09. The van der Waals surface area contributed by atoms with Crippen molar-refractivity contribution in [3.05, 3.63) is 24.4 Å². The second kappa shape index (κ2) is 2.29. The lowest BCUT2D eigenvalue weighted by Crippen LogP contribution is -2.37. The summed E-state index contributed by atoms with van der Waals surface area (Å²) >= 11 is 0. The Bertz CT molecular complexity index is 204. The van der Waals surface area contributed by atoms with Crippen molar-refractivity contribution in [1.82, 2.24) is 4.98 Å². The first-order valence-electron chi connectivity index (χ1n) is 3.54. The minimum Gasteiger partial charge on any atom is -0.356 e. The summed E-state index contributed by atoms with van der Waals surface area (Å²) in [5.41, 5.74) is 0. The van der Waals surface area contributed by atoms with Gasteiger partial charge in [0.25, 0.3) is 0 Å². The summed E-state index contributed by atoms with van der Waals surface area (Å²) in [6.45, 7) is 2.32. The highest BCUT2D eigenvalue weighted by Gasteiger charge is 2.14. The molecule has 1 saturated heterocycles. The molecule has 0 amide bonds. The molecule has 1 aromatic rings. The topological polar surface area (TPSA) is 16.1 Å². The minimum absolute atomic E-state index is 1.06. The Balaban J connectivity index is 2.18. The molecule has 10 heavy (non-hydrogen) atoms. The quantitative estimate of drug-likeness (QED) is 0.570. The average molecular weight is 133 g/mol. The zero-order valence-electron chi connectivity index (χ0n) is 5.75. The molecule has 2 rings (SSSR count). The molecule has 0 unspecified atom stereocenters. The summed E-state index contributed by atoms with van der Waals surface area (Å²) in [5, 5.41) is 0. The number of nitrogens with zero attached hydrogens (tertiary/aromatic N) is 2. The number of hydrogen-bond donors (Lipinski definition) is 0. The van der Waals surface area contributed by atoms with Crippen LogP contribution < -0.4 is 4.90 Å². The molecule has 0 saturated carbocycles. The van der Waals surface area contributed by atoms with Gasteiger partial charge in [-0.3, -0.25) is 0 Å². The molecule has 1 aromatic heterocycles. The van der Waals surface area contributed by atoms with Crippen LogP contribution in [0.4, 0.5) is 5.82 Å². The third kappa shape index (κ3) is 0.856. The predicted octanol–water partition coefficient (Wildman–Crippen LogP) is 1.09. The number of rotatable bonds is 1. The zero-order valence-corrected chi connectivity index (χ0v) is 5.75. The first-order chi connectivity index (χ1) is 4.97. The van der Waals surface area contributed by atoms with Crippen molar-refractivity contribution >= 4 is 5.82 Å². The number of anilines is 1. The molecule has 1 aliphatic rings. The van der Waals surface area contributed by atoms with Crippen LogP contribution >= 0.6 is 0 Å². The first-order valence-corrected chi connectivity index (χ1v) is 3.54. The molecule has 51 valence electrons. The smallest absolute Gasteiger partial charge is 0.129 e. The van der Waals surface area contributed by atoms with Gasteiger partial charge in [-0.1, -0.05) is 0 Å². The minimum atomic E-state index is 1.06. The Hall–Kier alpha value is -1.05. The van der Waals surface area contributed by atoms with Crippen molar-refractivity contribution in [3.8, 4) is 0 Å². The van der Waals surface area contributed by atoms with Gasteiger partial charge in [-0.05, 0) is 24.6 Å². The van der Waals surface area contributed by atoms with E-state index < -0.39 is 0 Å². The van der Waals surface area contributed by atoms with Gasteiger partial charge in [0.2, 0.25) is 0 Å². The summed E-state index contributed by atoms with van der Waals surface area (Å²) < 4.78 is 0. The highest BCUT2D eigenvalue weighted by Crippen LogP contribution is 2.15. The highest BCUT2D eigenvalue weighted by molar-refractivity contribution is 5.39. The van der Waals surface area contributed by atoms with Crippen LogP contribution in [0, 0.1) is 6.07 Å². The van der Waals surface area contributed by atoms with Gasteiger partial charge in [-0.2, -0.15) is 0 Å². The average Bonchev–Trinajstić information content (AvgIpc) is 1.86. The number of hydrogen-bond acceptors (Lipinski definition) is 2. The Morgan fingerprint density at radius 3 is 2.90 bits per heavy atom. The maximum Gasteiger partial charge on any atom is 0.129 e. The Morgan fingerprint density at radius 2 is 2.40 bits per heavy atom. The molecule has 0 N–H and O–H groups in total. The van der Waals surface area contributed by atoms with Gasteiger partial charge in [0.1, 0.15) is 5.82 Å². The summed E-state index contributed by atoms with van der Waals surface area (Å²) in [4.78, 5) is 6.44. The molecule has 1 fully saturated rings. The molecule has 1 aliphatic heterocycles. The molecule has 2 heteroatoms. The highest BCUT2D eigenvalue weighted by atomic mass is 15.2. The Labute approximate surface area is 60.5 Å². The Morgan fingerprint density at radius 1 is 1.50 bits per heavy atom.